The number of benzene rings is 2. The molecule has 1 atom stereocenters. The van der Waals surface area contributed by atoms with E-state index in [1.165, 1.54) is 59.1 Å². The molecule has 1 unspecified atom stereocenters. The molecule has 1 saturated heterocycles. The molecule has 0 saturated carbocycles. The van der Waals surface area contributed by atoms with E-state index in [-0.39, 0.29) is 0 Å². The summed E-state index contributed by atoms with van der Waals surface area (Å²) in [7, 11) is 2.28. The Bertz CT molecular complexity index is 1140. The van der Waals surface area contributed by atoms with Gasteiger partial charge in [-0.15, -0.1) is 0 Å². The number of anilines is 1. The summed E-state index contributed by atoms with van der Waals surface area (Å²) >= 11 is 0. The van der Waals surface area contributed by atoms with E-state index in [2.05, 4.69) is 80.1 Å². The van der Waals surface area contributed by atoms with Gasteiger partial charge in [0.1, 0.15) is 5.82 Å². The fourth-order valence-electron chi connectivity index (χ4n) is 5.74. The molecule has 4 nitrogen and oxygen atoms in total. The van der Waals surface area contributed by atoms with Gasteiger partial charge in [0.2, 0.25) is 0 Å². The molecule has 1 aromatic heterocycles. The highest BCUT2D eigenvalue weighted by molar-refractivity contribution is 5.68. The van der Waals surface area contributed by atoms with Gasteiger partial charge in [-0.3, -0.25) is 4.90 Å². The van der Waals surface area contributed by atoms with Crippen molar-refractivity contribution in [3.05, 3.63) is 76.0 Å². The Morgan fingerprint density at radius 2 is 1.68 bits per heavy atom. The number of hydrogen-bond acceptors (Lipinski definition) is 4. The lowest BCUT2D eigenvalue weighted by molar-refractivity contribution is 0.212. The fourth-order valence-corrected chi connectivity index (χ4v) is 5.74. The summed E-state index contributed by atoms with van der Waals surface area (Å²) in [6.45, 7) is 9.71. The number of aryl methyl sites for hydroxylation is 4. The Morgan fingerprint density at radius 3 is 2.35 bits per heavy atom. The van der Waals surface area contributed by atoms with Crippen molar-refractivity contribution in [1.82, 2.24) is 14.9 Å². The van der Waals surface area contributed by atoms with Gasteiger partial charge in [-0.25, -0.2) is 9.97 Å². The van der Waals surface area contributed by atoms with Crippen LogP contribution in [0.3, 0.4) is 0 Å². The Kier molecular flexibility index (Phi) is 6.69. The average Bonchev–Trinajstić information content (AvgIpc) is 2.83. The minimum absolute atomic E-state index is 0.459. The van der Waals surface area contributed by atoms with E-state index in [4.69, 9.17) is 9.97 Å². The van der Waals surface area contributed by atoms with Gasteiger partial charge < -0.3 is 4.90 Å². The molecule has 0 radical (unpaired) electrons. The summed E-state index contributed by atoms with van der Waals surface area (Å²) in [5, 5.41) is 0. The van der Waals surface area contributed by atoms with Crippen LogP contribution in [0.25, 0.3) is 11.4 Å². The highest BCUT2D eigenvalue weighted by Gasteiger charge is 2.28. The van der Waals surface area contributed by atoms with E-state index in [0.717, 1.165) is 49.8 Å². The molecule has 4 heteroatoms. The predicted molar refractivity (Wildman–Crippen MR) is 141 cm³/mol. The minimum atomic E-state index is 0.459. The number of rotatable bonds is 7. The van der Waals surface area contributed by atoms with Gasteiger partial charge in [0.05, 0.1) is 0 Å². The number of aromatic nitrogens is 2. The lowest BCUT2D eigenvalue weighted by Gasteiger charge is -2.37. The van der Waals surface area contributed by atoms with Crippen LogP contribution in [-0.4, -0.2) is 35.0 Å². The first-order valence-corrected chi connectivity index (χ1v) is 13.1. The third-order valence-corrected chi connectivity index (χ3v) is 7.85. The summed E-state index contributed by atoms with van der Waals surface area (Å²) in [6, 6.07) is 16.1. The number of hydrogen-bond donors (Lipinski definition) is 0. The second-order valence-electron chi connectivity index (χ2n) is 9.96. The van der Waals surface area contributed by atoms with Crippen LogP contribution in [0.5, 0.6) is 0 Å². The molecule has 1 aliphatic carbocycles. The zero-order chi connectivity index (χ0) is 23.7. The third kappa shape index (κ3) is 4.24. The fraction of sp³-hybridized carbons (Fsp3) is 0.467. The highest BCUT2D eigenvalue weighted by Crippen LogP contribution is 2.37. The molecule has 5 rings (SSSR count). The standard InChI is InChI=1S/C30H38N4/c1-5-22-13-9-14-23(6-2)28(22)29-31-21(3)26(30(32-29)34-18-11-19-34)20-33(4)27-17-10-15-24-12-7-8-16-25(24)27/h7-9,12-14,16,27H,5-6,10-11,15,17-20H2,1-4H3. The molecule has 1 aliphatic heterocycles. The third-order valence-electron chi connectivity index (χ3n) is 7.85. The van der Waals surface area contributed by atoms with Crippen LogP contribution in [0.2, 0.25) is 0 Å². The average molecular weight is 455 g/mol. The summed E-state index contributed by atoms with van der Waals surface area (Å²) in [5.74, 6) is 2.06. The van der Waals surface area contributed by atoms with Crippen LogP contribution < -0.4 is 4.90 Å². The zero-order valence-corrected chi connectivity index (χ0v) is 21.3. The zero-order valence-electron chi connectivity index (χ0n) is 21.3. The molecule has 0 bridgehead atoms. The predicted octanol–water partition coefficient (Wildman–Crippen LogP) is 6.30. The Balaban J connectivity index is 1.53. The van der Waals surface area contributed by atoms with Crippen molar-refractivity contribution in [3.63, 3.8) is 0 Å². The first-order chi connectivity index (χ1) is 16.6. The first kappa shape index (κ1) is 23.0. The second kappa shape index (κ2) is 9.87. The van der Waals surface area contributed by atoms with Crippen molar-refractivity contribution < 1.29 is 0 Å². The maximum atomic E-state index is 5.27. The summed E-state index contributed by atoms with van der Waals surface area (Å²) in [6.07, 6.45) is 6.91. The molecule has 0 spiro atoms. The van der Waals surface area contributed by atoms with E-state index >= 15 is 0 Å². The monoisotopic (exact) mass is 454 g/mol. The van der Waals surface area contributed by atoms with Gasteiger partial charge >= 0.3 is 0 Å². The molecule has 0 N–H and O–H groups in total. The second-order valence-corrected chi connectivity index (χ2v) is 9.96. The van der Waals surface area contributed by atoms with Gasteiger partial charge in [0.15, 0.2) is 5.82 Å². The minimum Gasteiger partial charge on any atom is -0.356 e. The molecular weight excluding hydrogens is 416 g/mol. The SMILES string of the molecule is CCc1cccc(CC)c1-c1nc(C)c(CN(C)C2CCCc3ccccc32)c(N2CCC2)n1. The van der Waals surface area contributed by atoms with E-state index in [1.54, 1.807) is 0 Å². The van der Waals surface area contributed by atoms with Crippen molar-refractivity contribution >= 4 is 5.82 Å². The van der Waals surface area contributed by atoms with Crippen LogP contribution in [0.4, 0.5) is 5.82 Å². The van der Waals surface area contributed by atoms with Crippen LogP contribution in [-0.2, 0) is 25.8 Å². The van der Waals surface area contributed by atoms with E-state index < -0.39 is 0 Å². The van der Waals surface area contributed by atoms with Gasteiger partial charge in [0.25, 0.3) is 0 Å². The Hall–Kier alpha value is -2.72. The molecule has 2 aromatic carbocycles. The van der Waals surface area contributed by atoms with E-state index in [9.17, 15) is 0 Å². The largest absolute Gasteiger partial charge is 0.356 e. The molecule has 178 valence electrons. The molecule has 2 heterocycles. The normalized spacial score (nSPS) is 17.6. The van der Waals surface area contributed by atoms with E-state index in [0.29, 0.717) is 6.04 Å². The summed E-state index contributed by atoms with van der Waals surface area (Å²) < 4.78 is 0. The Morgan fingerprint density at radius 1 is 0.941 bits per heavy atom. The molecule has 2 aliphatic rings. The van der Waals surface area contributed by atoms with Gasteiger partial charge in [0, 0.05) is 42.5 Å². The summed E-state index contributed by atoms with van der Waals surface area (Å²) in [5.41, 5.74) is 9.37. The maximum absolute atomic E-state index is 5.27. The first-order valence-electron chi connectivity index (χ1n) is 13.1. The Labute approximate surface area is 205 Å². The maximum Gasteiger partial charge on any atom is 0.162 e. The lowest BCUT2D eigenvalue weighted by atomic mass is 9.87. The van der Waals surface area contributed by atoms with Crippen molar-refractivity contribution in [2.45, 2.75) is 71.9 Å². The van der Waals surface area contributed by atoms with Crippen LogP contribution in [0.1, 0.15) is 72.7 Å². The van der Waals surface area contributed by atoms with E-state index in [1.807, 2.05) is 0 Å². The van der Waals surface area contributed by atoms with Gasteiger partial charge in [-0.2, -0.15) is 0 Å². The molecular formula is C30H38N4. The van der Waals surface area contributed by atoms with Crippen molar-refractivity contribution in [2.24, 2.45) is 0 Å². The van der Waals surface area contributed by atoms with Crippen LogP contribution in [0, 0.1) is 6.92 Å². The quantitative estimate of drug-likeness (QED) is 0.420. The molecule has 34 heavy (non-hydrogen) atoms. The molecule has 0 amide bonds. The summed E-state index contributed by atoms with van der Waals surface area (Å²) in [4.78, 5) is 15.4. The topological polar surface area (TPSA) is 32.3 Å². The molecule has 3 aromatic rings. The van der Waals surface area contributed by atoms with Crippen molar-refractivity contribution in [3.8, 4) is 11.4 Å². The van der Waals surface area contributed by atoms with Crippen molar-refractivity contribution in [2.75, 3.05) is 25.0 Å². The van der Waals surface area contributed by atoms with Gasteiger partial charge in [-0.1, -0.05) is 56.3 Å². The molecule has 1 fully saturated rings. The lowest BCUT2D eigenvalue weighted by Crippen LogP contribution is -2.39. The van der Waals surface area contributed by atoms with Crippen LogP contribution >= 0.6 is 0 Å². The van der Waals surface area contributed by atoms with Crippen LogP contribution in [0.15, 0.2) is 42.5 Å². The van der Waals surface area contributed by atoms with Crippen molar-refractivity contribution in [1.29, 1.82) is 0 Å². The van der Waals surface area contributed by atoms with Gasteiger partial charge in [-0.05, 0) is 74.8 Å². The smallest absolute Gasteiger partial charge is 0.162 e. The highest BCUT2D eigenvalue weighted by atomic mass is 15.2. The number of nitrogens with zero attached hydrogens (tertiary/aromatic N) is 4. The number of fused-ring (bicyclic) bond motifs is 1.